The number of nitrogens with one attached hydrogen (secondary N) is 3. The zero-order chi connectivity index (χ0) is 22.9. The van der Waals surface area contributed by atoms with Gasteiger partial charge < -0.3 is 20.3 Å². The minimum Gasteiger partial charge on any atom is -0.406 e. The second-order valence-electron chi connectivity index (χ2n) is 7.57. The van der Waals surface area contributed by atoms with Crippen LogP contribution in [0, 0.1) is 0 Å². The summed E-state index contributed by atoms with van der Waals surface area (Å²) in [5, 5.41) is 4.99. The summed E-state index contributed by atoms with van der Waals surface area (Å²) < 4.78 is 41.2. The van der Waals surface area contributed by atoms with E-state index in [1.165, 1.54) is 12.1 Å². The van der Waals surface area contributed by atoms with Crippen molar-refractivity contribution in [2.75, 3.05) is 28.6 Å². The van der Waals surface area contributed by atoms with Crippen LogP contribution >= 0.6 is 0 Å². The summed E-state index contributed by atoms with van der Waals surface area (Å²) in [6, 6.07) is 4.73. The lowest BCUT2D eigenvalue weighted by atomic mass is 9.92. The first-order valence-corrected chi connectivity index (χ1v) is 10.1. The summed E-state index contributed by atoms with van der Waals surface area (Å²) in [6.45, 7) is 1.44. The first kappa shape index (κ1) is 21.7. The SMILES string of the molecule is O=C1C[C@@H](C(=O)Nc2cccc(OC(F)(F)F)c2)c2c(nc(N3CCCCC3)[nH]c2=O)N1. The number of fused-ring (bicyclic) bond motifs is 1. The van der Waals surface area contributed by atoms with Crippen LogP contribution in [-0.4, -0.2) is 41.2 Å². The van der Waals surface area contributed by atoms with Crippen molar-refractivity contribution in [3.63, 3.8) is 0 Å². The molecule has 4 rings (SSSR count). The summed E-state index contributed by atoms with van der Waals surface area (Å²) in [5.74, 6) is -2.54. The van der Waals surface area contributed by atoms with Gasteiger partial charge in [0.25, 0.3) is 5.56 Å². The maximum atomic E-state index is 12.9. The predicted octanol–water partition coefficient (Wildman–Crippen LogP) is 2.72. The second kappa shape index (κ2) is 8.52. The highest BCUT2D eigenvalue weighted by Crippen LogP contribution is 2.31. The van der Waals surface area contributed by atoms with Crippen molar-refractivity contribution in [2.24, 2.45) is 0 Å². The summed E-state index contributed by atoms with van der Waals surface area (Å²) in [5.41, 5.74) is -0.519. The van der Waals surface area contributed by atoms with E-state index < -0.39 is 35.4 Å². The van der Waals surface area contributed by atoms with E-state index in [-0.39, 0.29) is 23.5 Å². The number of carbonyl (C=O) groups excluding carboxylic acids is 2. The Morgan fingerprint density at radius 1 is 1.19 bits per heavy atom. The smallest absolute Gasteiger partial charge is 0.406 e. The third kappa shape index (κ3) is 4.84. The molecule has 2 aromatic rings. The molecule has 1 aromatic heterocycles. The molecule has 1 fully saturated rings. The first-order chi connectivity index (χ1) is 15.2. The van der Waals surface area contributed by atoms with Crippen LogP contribution in [0.25, 0.3) is 0 Å². The fraction of sp³-hybridized carbons (Fsp3) is 0.400. The Bertz CT molecular complexity index is 1100. The average molecular weight is 451 g/mol. The van der Waals surface area contributed by atoms with Gasteiger partial charge in [0.05, 0.1) is 11.5 Å². The number of carbonyl (C=O) groups is 2. The number of piperidine rings is 1. The molecule has 3 heterocycles. The normalized spacial score (nSPS) is 18.5. The number of alkyl halides is 3. The lowest BCUT2D eigenvalue weighted by Crippen LogP contribution is -2.38. The summed E-state index contributed by atoms with van der Waals surface area (Å²) in [7, 11) is 0. The molecule has 0 unspecified atom stereocenters. The van der Waals surface area contributed by atoms with Gasteiger partial charge >= 0.3 is 6.36 Å². The van der Waals surface area contributed by atoms with Crippen LogP contribution in [0.4, 0.5) is 30.6 Å². The van der Waals surface area contributed by atoms with E-state index in [1.807, 2.05) is 4.90 Å². The number of nitrogens with zero attached hydrogens (tertiary/aromatic N) is 2. The molecule has 0 aliphatic carbocycles. The van der Waals surface area contributed by atoms with Gasteiger partial charge in [0, 0.05) is 31.3 Å². The van der Waals surface area contributed by atoms with E-state index in [0.29, 0.717) is 5.95 Å². The number of H-pyrrole nitrogens is 1. The van der Waals surface area contributed by atoms with Gasteiger partial charge in [-0.15, -0.1) is 13.2 Å². The first-order valence-electron chi connectivity index (χ1n) is 10.1. The minimum absolute atomic E-state index is 0.00514. The second-order valence-corrected chi connectivity index (χ2v) is 7.57. The molecule has 2 aliphatic rings. The van der Waals surface area contributed by atoms with Crippen molar-refractivity contribution in [3.05, 3.63) is 40.2 Å². The number of amides is 2. The monoisotopic (exact) mass is 451 g/mol. The molecule has 1 saturated heterocycles. The van der Waals surface area contributed by atoms with Crippen molar-refractivity contribution in [1.29, 1.82) is 0 Å². The highest BCUT2D eigenvalue weighted by atomic mass is 19.4. The van der Waals surface area contributed by atoms with Crippen molar-refractivity contribution in [2.45, 2.75) is 38.0 Å². The number of rotatable bonds is 4. The topological polar surface area (TPSA) is 116 Å². The zero-order valence-corrected chi connectivity index (χ0v) is 16.8. The van der Waals surface area contributed by atoms with Crippen molar-refractivity contribution < 1.29 is 27.5 Å². The molecule has 0 bridgehead atoms. The molecule has 32 heavy (non-hydrogen) atoms. The molecule has 12 heteroatoms. The Hall–Kier alpha value is -3.57. The lowest BCUT2D eigenvalue weighted by Gasteiger charge is -2.29. The number of aromatic amines is 1. The van der Waals surface area contributed by atoms with E-state index in [4.69, 9.17) is 0 Å². The van der Waals surface area contributed by atoms with E-state index in [0.717, 1.165) is 44.5 Å². The average Bonchev–Trinajstić information content (AvgIpc) is 2.72. The molecule has 1 aromatic carbocycles. The number of ether oxygens (including phenoxy) is 1. The van der Waals surface area contributed by atoms with Crippen LogP contribution in [-0.2, 0) is 9.59 Å². The number of benzene rings is 1. The molecule has 0 radical (unpaired) electrons. The van der Waals surface area contributed by atoms with Crippen LogP contribution < -0.4 is 25.8 Å². The van der Waals surface area contributed by atoms with E-state index >= 15 is 0 Å². The molecule has 170 valence electrons. The Labute approximate surface area is 180 Å². The predicted molar refractivity (Wildman–Crippen MR) is 109 cm³/mol. The Morgan fingerprint density at radius 2 is 1.94 bits per heavy atom. The van der Waals surface area contributed by atoms with Crippen molar-refractivity contribution in [3.8, 4) is 5.75 Å². The van der Waals surface area contributed by atoms with Gasteiger partial charge in [-0.1, -0.05) is 6.07 Å². The summed E-state index contributed by atoms with van der Waals surface area (Å²) in [4.78, 5) is 46.8. The number of halogens is 3. The maximum Gasteiger partial charge on any atom is 0.573 e. The number of hydrogen-bond acceptors (Lipinski definition) is 6. The fourth-order valence-electron chi connectivity index (χ4n) is 3.84. The van der Waals surface area contributed by atoms with Crippen molar-refractivity contribution in [1.82, 2.24) is 9.97 Å². The molecule has 9 nitrogen and oxygen atoms in total. The third-order valence-corrected chi connectivity index (χ3v) is 5.25. The fourth-order valence-corrected chi connectivity index (χ4v) is 3.84. The van der Waals surface area contributed by atoms with Gasteiger partial charge in [-0.3, -0.25) is 19.4 Å². The van der Waals surface area contributed by atoms with Crippen LogP contribution in [0.1, 0.15) is 37.2 Å². The number of aromatic nitrogens is 2. The molecule has 0 saturated carbocycles. The van der Waals surface area contributed by atoms with Gasteiger partial charge in [0.2, 0.25) is 17.8 Å². The zero-order valence-electron chi connectivity index (χ0n) is 16.8. The maximum absolute atomic E-state index is 12.9. The van der Waals surface area contributed by atoms with Crippen LogP contribution in [0.3, 0.4) is 0 Å². The quantitative estimate of drug-likeness (QED) is 0.658. The van der Waals surface area contributed by atoms with Gasteiger partial charge in [-0.05, 0) is 31.4 Å². The van der Waals surface area contributed by atoms with Crippen molar-refractivity contribution >= 4 is 29.3 Å². The van der Waals surface area contributed by atoms with Gasteiger partial charge in [-0.25, -0.2) is 0 Å². The number of hydrogen-bond donors (Lipinski definition) is 3. The van der Waals surface area contributed by atoms with E-state index in [9.17, 15) is 27.6 Å². The Kier molecular flexibility index (Phi) is 5.76. The Balaban J connectivity index is 1.59. The number of anilines is 3. The molecule has 3 N–H and O–H groups in total. The molecule has 2 aliphatic heterocycles. The third-order valence-electron chi connectivity index (χ3n) is 5.25. The molecular formula is C20H20F3N5O4. The van der Waals surface area contributed by atoms with E-state index in [1.54, 1.807) is 0 Å². The molecular weight excluding hydrogens is 431 g/mol. The summed E-state index contributed by atoms with van der Waals surface area (Å²) in [6.07, 6.45) is -2.19. The molecule has 2 amide bonds. The van der Waals surface area contributed by atoms with Crippen LogP contribution in [0.5, 0.6) is 5.75 Å². The Morgan fingerprint density at radius 3 is 2.66 bits per heavy atom. The highest BCUT2D eigenvalue weighted by molar-refractivity contribution is 6.04. The van der Waals surface area contributed by atoms with Gasteiger partial charge in [-0.2, -0.15) is 4.98 Å². The highest BCUT2D eigenvalue weighted by Gasteiger charge is 2.35. The van der Waals surface area contributed by atoms with E-state index in [2.05, 4.69) is 25.3 Å². The van der Waals surface area contributed by atoms with Gasteiger partial charge in [0.1, 0.15) is 11.6 Å². The molecule has 0 spiro atoms. The van der Waals surface area contributed by atoms with Gasteiger partial charge in [0.15, 0.2) is 0 Å². The largest absolute Gasteiger partial charge is 0.573 e. The summed E-state index contributed by atoms with van der Waals surface area (Å²) >= 11 is 0. The van der Waals surface area contributed by atoms with Crippen LogP contribution in [0.15, 0.2) is 29.1 Å². The molecule has 1 atom stereocenters. The van der Waals surface area contributed by atoms with Crippen LogP contribution in [0.2, 0.25) is 0 Å². The standard InChI is InChI=1S/C20H20F3N5O4/c21-20(22,23)32-12-6-4-5-11(9-12)24-17(30)13-10-14(29)25-16-15(13)18(31)27-19(26-16)28-7-2-1-3-8-28/h4-6,9,13H,1-3,7-8,10H2,(H,24,30)(H2,25,26,27,29,31)/t13-/m1/s1. The lowest BCUT2D eigenvalue weighted by molar-refractivity contribution is -0.274. The minimum atomic E-state index is -4.88.